The maximum Gasteiger partial charge on any atom is 0.309 e. The van der Waals surface area contributed by atoms with Gasteiger partial charge in [-0.25, -0.2) is 0 Å². The number of hydrogen-bond acceptors (Lipinski definition) is 3. The van der Waals surface area contributed by atoms with Gasteiger partial charge in [0.15, 0.2) is 0 Å². The van der Waals surface area contributed by atoms with E-state index in [0.717, 1.165) is 38.0 Å². The summed E-state index contributed by atoms with van der Waals surface area (Å²) in [7, 11) is 0.720. The van der Waals surface area contributed by atoms with Crippen molar-refractivity contribution in [3.05, 3.63) is 53.6 Å². The number of fused-ring (bicyclic) bond motifs is 1. The highest BCUT2D eigenvalue weighted by molar-refractivity contribution is 6.48. The van der Waals surface area contributed by atoms with Gasteiger partial charge in [-0.05, 0) is 66.2 Å². The van der Waals surface area contributed by atoms with E-state index in [1.54, 1.807) is 0 Å². The van der Waals surface area contributed by atoms with E-state index >= 15 is 0 Å². The summed E-state index contributed by atoms with van der Waals surface area (Å²) in [5.41, 5.74) is 3.82. The number of rotatable bonds is 6. The van der Waals surface area contributed by atoms with Gasteiger partial charge in [-0.15, -0.1) is 0 Å². The molecule has 25 heavy (non-hydrogen) atoms. The zero-order chi connectivity index (χ0) is 16.9. The fraction of sp³-hybridized carbons (Fsp3) is 0.429. The van der Waals surface area contributed by atoms with E-state index in [1.165, 1.54) is 48.7 Å². The molecule has 2 aromatic rings. The highest BCUT2D eigenvalue weighted by Gasteiger charge is 2.14. The standard InChI is InChI=1S/C21H26BNO2/c1-2-4-16(5-3-1)13-23-14-17-6-8-19(9-7-17)25-20-10-11-21-18(12-20)15-24-22-21/h6-12,16,22-23H,1-5,13-15H2. The lowest BCUT2D eigenvalue weighted by molar-refractivity contribution is 0.342. The predicted octanol–water partition coefficient (Wildman–Crippen LogP) is 3.66. The lowest BCUT2D eigenvalue weighted by Gasteiger charge is -2.21. The molecule has 0 spiro atoms. The molecule has 1 saturated carbocycles. The molecule has 1 fully saturated rings. The maximum absolute atomic E-state index is 5.98. The van der Waals surface area contributed by atoms with Crippen LogP contribution in [0.4, 0.5) is 0 Å². The molecule has 1 aliphatic heterocycles. The third-order valence-electron chi connectivity index (χ3n) is 5.34. The van der Waals surface area contributed by atoms with Crippen molar-refractivity contribution in [1.29, 1.82) is 0 Å². The quantitative estimate of drug-likeness (QED) is 0.818. The van der Waals surface area contributed by atoms with Gasteiger partial charge in [0.05, 0.1) is 6.61 Å². The molecule has 4 rings (SSSR count). The predicted molar refractivity (Wildman–Crippen MR) is 103 cm³/mol. The molecule has 1 heterocycles. The smallest absolute Gasteiger partial charge is 0.309 e. The van der Waals surface area contributed by atoms with Crippen molar-refractivity contribution in [2.75, 3.05) is 6.54 Å². The zero-order valence-corrected chi connectivity index (χ0v) is 14.8. The molecule has 0 radical (unpaired) electrons. The van der Waals surface area contributed by atoms with E-state index in [0.29, 0.717) is 6.61 Å². The Bertz CT molecular complexity index is 696. The fourth-order valence-corrected chi connectivity index (χ4v) is 3.84. The van der Waals surface area contributed by atoms with E-state index in [4.69, 9.17) is 9.39 Å². The van der Waals surface area contributed by atoms with Gasteiger partial charge in [0, 0.05) is 6.54 Å². The summed E-state index contributed by atoms with van der Waals surface area (Å²) in [6.45, 7) is 2.78. The first-order valence-corrected chi connectivity index (χ1v) is 9.54. The minimum Gasteiger partial charge on any atom is -0.457 e. The first kappa shape index (κ1) is 16.7. The molecule has 2 aliphatic rings. The average molecular weight is 335 g/mol. The number of nitrogens with one attached hydrogen (secondary N) is 1. The van der Waals surface area contributed by atoms with Crippen LogP contribution in [0, 0.1) is 5.92 Å². The van der Waals surface area contributed by atoms with Crippen molar-refractivity contribution >= 4 is 12.9 Å². The van der Waals surface area contributed by atoms with E-state index in [9.17, 15) is 0 Å². The van der Waals surface area contributed by atoms with E-state index in [2.05, 4.69) is 41.7 Å². The maximum atomic E-state index is 5.98. The van der Waals surface area contributed by atoms with Crippen LogP contribution in [0.25, 0.3) is 0 Å². The molecule has 1 N–H and O–H groups in total. The van der Waals surface area contributed by atoms with Crippen molar-refractivity contribution < 1.29 is 9.39 Å². The minimum atomic E-state index is 0.693. The third-order valence-corrected chi connectivity index (χ3v) is 5.34. The highest BCUT2D eigenvalue weighted by atomic mass is 16.5. The van der Waals surface area contributed by atoms with Crippen LogP contribution in [0.2, 0.25) is 0 Å². The van der Waals surface area contributed by atoms with Crippen LogP contribution in [0.15, 0.2) is 42.5 Å². The van der Waals surface area contributed by atoms with Crippen LogP contribution in [0.1, 0.15) is 43.2 Å². The van der Waals surface area contributed by atoms with E-state index in [1.807, 2.05) is 6.07 Å². The first-order chi connectivity index (χ1) is 12.4. The Morgan fingerprint density at radius 2 is 1.80 bits per heavy atom. The van der Waals surface area contributed by atoms with Gasteiger partial charge >= 0.3 is 7.48 Å². The van der Waals surface area contributed by atoms with Gasteiger partial charge in [0.1, 0.15) is 11.5 Å². The largest absolute Gasteiger partial charge is 0.457 e. The number of ether oxygens (including phenoxy) is 1. The topological polar surface area (TPSA) is 30.5 Å². The van der Waals surface area contributed by atoms with Gasteiger partial charge in [0.2, 0.25) is 0 Å². The lowest BCUT2D eigenvalue weighted by atomic mass is 9.87. The molecule has 0 saturated heterocycles. The Morgan fingerprint density at radius 3 is 2.64 bits per heavy atom. The summed E-state index contributed by atoms with van der Waals surface area (Å²) in [4.78, 5) is 0. The summed E-state index contributed by atoms with van der Waals surface area (Å²) < 4.78 is 11.4. The van der Waals surface area contributed by atoms with Crippen LogP contribution < -0.4 is 15.5 Å². The van der Waals surface area contributed by atoms with Gasteiger partial charge in [0.25, 0.3) is 0 Å². The molecular formula is C21H26BNO2. The molecule has 130 valence electrons. The summed E-state index contributed by atoms with van der Waals surface area (Å²) in [6.07, 6.45) is 7.03. The minimum absolute atomic E-state index is 0.693. The van der Waals surface area contributed by atoms with Crippen LogP contribution in [0.3, 0.4) is 0 Å². The molecule has 0 unspecified atom stereocenters. The second kappa shape index (κ2) is 8.07. The van der Waals surface area contributed by atoms with Crippen LogP contribution in [-0.4, -0.2) is 14.0 Å². The van der Waals surface area contributed by atoms with Crippen molar-refractivity contribution in [3.8, 4) is 11.5 Å². The van der Waals surface area contributed by atoms with Crippen molar-refractivity contribution in [2.24, 2.45) is 5.92 Å². The molecule has 0 bridgehead atoms. The van der Waals surface area contributed by atoms with Crippen LogP contribution in [-0.2, 0) is 17.8 Å². The normalized spacial score (nSPS) is 17.1. The highest BCUT2D eigenvalue weighted by Crippen LogP contribution is 2.24. The summed E-state index contributed by atoms with van der Waals surface area (Å²) >= 11 is 0. The Kier molecular flexibility index (Phi) is 5.38. The van der Waals surface area contributed by atoms with E-state index < -0.39 is 0 Å². The molecule has 2 aromatic carbocycles. The van der Waals surface area contributed by atoms with Gasteiger partial charge in [-0.2, -0.15) is 0 Å². The van der Waals surface area contributed by atoms with Gasteiger partial charge < -0.3 is 14.7 Å². The van der Waals surface area contributed by atoms with Crippen LogP contribution >= 0.6 is 0 Å². The monoisotopic (exact) mass is 335 g/mol. The van der Waals surface area contributed by atoms with Crippen molar-refractivity contribution in [3.63, 3.8) is 0 Å². The molecule has 4 heteroatoms. The second-order valence-corrected chi connectivity index (χ2v) is 7.30. The fourth-order valence-electron chi connectivity index (χ4n) is 3.84. The second-order valence-electron chi connectivity index (χ2n) is 7.30. The molecule has 0 aromatic heterocycles. The Hall–Kier alpha value is -1.78. The molecule has 1 aliphatic carbocycles. The van der Waals surface area contributed by atoms with Gasteiger partial charge in [-0.3, -0.25) is 0 Å². The third kappa shape index (κ3) is 4.44. The van der Waals surface area contributed by atoms with Crippen LogP contribution in [0.5, 0.6) is 11.5 Å². The average Bonchev–Trinajstić information content (AvgIpc) is 3.12. The molecule has 0 amide bonds. The molecule has 0 atom stereocenters. The Balaban J connectivity index is 1.28. The number of benzene rings is 2. The van der Waals surface area contributed by atoms with Gasteiger partial charge in [-0.1, -0.05) is 37.5 Å². The van der Waals surface area contributed by atoms with Crippen molar-refractivity contribution in [2.45, 2.75) is 45.3 Å². The molecular weight excluding hydrogens is 309 g/mol. The van der Waals surface area contributed by atoms with E-state index in [-0.39, 0.29) is 0 Å². The Morgan fingerprint density at radius 1 is 1.00 bits per heavy atom. The summed E-state index contributed by atoms with van der Waals surface area (Å²) in [5, 5.41) is 3.61. The SMILES string of the molecule is B1OCc2cc(Oc3ccc(CNCC4CCCCC4)cc3)ccc21. The summed E-state index contributed by atoms with van der Waals surface area (Å²) in [5.74, 6) is 2.64. The Labute approximate surface area is 151 Å². The lowest BCUT2D eigenvalue weighted by Crippen LogP contribution is -2.24. The summed E-state index contributed by atoms with van der Waals surface area (Å²) in [6, 6.07) is 14.6. The first-order valence-electron chi connectivity index (χ1n) is 9.54. The molecule has 3 nitrogen and oxygen atoms in total. The number of hydrogen-bond donors (Lipinski definition) is 1. The zero-order valence-electron chi connectivity index (χ0n) is 14.8. The van der Waals surface area contributed by atoms with Crippen molar-refractivity contribution in [1.82, 2.24) is 5.32 Å².